The number of aliphatic hydroxyl groups is 5. The lowest BCUT2D eigenvalue weighted by atomic mass is 9.99. The number of aliphatic hydroxyl groups excluding tert-OH is 5. The Balaban J connectivity index is 2.13. The van der Waals surface area contributed by atoms with E-state index in [1.807, 2.05) is 6.08 Å². The van der Waals surface area contributed by atoms with Gasteiger partial charge in [0.15, 0.2) is 6.29 Å². The Kier molecular flexibility index (Phi) is 55.5. The lowest BCUT2D eigenvalue weighted by Crippen LogP contribution is -2.60. The normalized spacial score (nSPS) is 18.9. The molecule has 1 heterocycles. The fourth-order valence-electron chi connectivity index (χ4n) is 10.8. The summed E-state index contributed by atoms with van der Waals surface area (Å²) in [5.74, 6) is -0.181. The maximum atomic E-state index is 13.1. The van der Waals surface area contributed by atoms with Gasteiger partial charge in [0.1, 0.15) is 24.4 Å². The number of hydrogen-bond donors (Lipinski definition) is 6. The van der Waals surface area contributed by atoms with E-state index in [1.165, 1.54) is 263 Å². The SMILES string of the molecule is CCCCCCC/C=C\C/C=C\CCCCCCCCCCCCCCCCCCCCCCCC(=O)NC(COC1OC(CO)C(O)C(O)C1O)C(O)/C=C/CC/C=C/CCCCCCCCCCCCCCCCCC. The fourth-order valence-corrected chi connectivity index (χ4v) is 10.8. The zero-order chi connectivity index (χ0) is 56.5. The molecule has 0 bridgehead atoms. The van der Waals surface area contributed by atoms with Gasteiger partial charge in [0.05, 0.1) is 25.4 Å². The van der Waals surface area contributed by atoms with E-state index in [-0.39, 0.29) is 12.5 Å². The van der Waals surface area contributed by atoms with Crippen LogP contribution in [0.3, 0.4) is 0 Å². The number of nitrogens with one attached hydrogen (secondary N) is 1. The maximum Gasteiger partial charge on any atom is 0.220 e. The number of hydrogen-bond acceptors (Lipinski definition) is 8. The van der Waals surface area contributed by atoms with Crippen LogP contribution in [0.5, 0.6) is 0 Å². The van der Waals surface area contributed by atoms with Gasteiger partial charge >= 0.3 is 0 Å². The summed E-state index contributed by atoms with van der Waals surface area (Å²) in [5, 5.41) is 54.7. The van der Waals surface area contributed by atoms with Gasteiger partial charge in [0.2, 0.25) is 5.91 Å². The van der Waals surface area contributed by atoms with Crippen molar-refractivity contribution in [3.8, 4) is 0 Å². The van der Waals surface area contributed by atoms with Crippen molar-refractivity contribution in [1.29, 1.82) is 0 Å². The first-order valence-electron chi connectivity index (χ1n) is 33.9. The Bertz CT molecular complexity index is 1370. The van der Waals surface area contributed by atoms with Gasteiger partial charge in [-0.05, 0) is 64.2 Å². The summed E-state index contributed by atoms with van der Waals surface area (Å²) in [6.07, 6.45) is 72.1. The van der Waals surface area contributed by atoms with Crippen LogP contribution in [0.1, 0.15) is 328 Å². The van der Waals surface area contributed by atoms with Crippen molar-refractivity contribution in [3.63, 3.8) is 0 Å². The number of carbonyl (C=O) groups is 1. The summed E-state index contributed by atoms with van der Waals surface area (Å²) in [7, 11) is 0. The van der Waals surface area contributed by atoms with E-state index >= 15 is 0 Å². The van der Waals surface area contributed by atoms with E-state index in [9.17, 15) is 30.3 Å². The molecular weight excluding hydrogens is 971 g/mol. The monoisotopic (exact) mass is 1100 g/mol. The van der Waals surface area contributed by atoms with Crippen LogP contribution < -0.4 is 5.32 Å². The fraction of sp³-hybridized carbons (Fsp3) is 0.870. The second-order valence-corrected chi connectivity index (χ2v) is 23.6. The van der Waals surface area contributed by atoms with Gasteiger partial charge in [-0.25, -0.2) is 0 Å². The van der Waals surface area contributed by atoms with Crippen molar-refractivity contribution in [1.82, 2.24) is 5.32 Å². The summed E-state index contributed by atoms with van der Waals surface area (Å²) in [4.78, 5) is 13.1. The molecule has 1 fully saturated rings. The Hall–Kier alpha value is -1.85. The Labute approximate surface area is 482 Å². The van der Waals surface area contributed by atoms with E-state index < -0.39 is 49.5 Å². The average molecular weight is 1100 g/mol. The lowest BCUT2D eigenvalue weighted by Gasteiger charge is -2.40. The van der Waals surface area contributed by atoms with Crippen LogP contribution >= 0.6 is 0 Å². The molecule has 0 aromatic heterocycles. The third-order valence-corrected chi connectivity index (χ3v) is 16.1. The molecule has 1 aliphatic rings. The number of ether oxygens (including phenoxy) is 2. The molecule has 0 saturated carbocycles. The summed E-state index contributed by atoms with van der Waals surface area (Å²) in [6, 6.07) is -0.822. The molecule has 458 valence electrons. The Morgan fingerprint density at radius 2 is 0.769 bits per heavy atom. The molecule has 0 spiro atoms. The van der Waals surface area contributed by atoms with Crippen LogP contribution in [-0.2, 0) is 14.3 Å². The highest BCUT2D eigenvalue weighted by Crippen LogP contribution is 2.23. The molecule has 0 radical (unpaired) electrons. The van der Waals surface area contributed by atoms with Gasteiger partial charge < -0.3 is 40.3 Å². The molecule has 0 aromatic rings. The summed E-state index contributed by atoms with van der Waals surface area (Å²) in [6.45, 7) is 3.79. The maximum absolute atomic E-state index is 13.1. The van der Waals surface area contributed by atoms with Gasteiger partial charge in [0, 0.05) is 6.42 Å². The van der Waals surface area contributed by atoms with E-state index in [1.54, 1.807) is 6.08 Å². The largest absolute Gasteiger partial charge is 0.394 e. The van der Waals surface area contributed by atoms with Crippen molar-refractivity contribution in [3.05, 3.63) is 48.6 Å². The van der Waals surface area contributed by atoms with Gasteiger partial charge in [-0.15, -0.1) is 0 Å². The smallest absolute Gasteiger partial charge is 0.220 e. The molecule has 7 atom stereocenters. The molecule has 1 amide bonds. The van der Waals surface area contributed by atoms with Gasteiger partial charge in [-0.3, -0.25) is 4.79 Å². The van der Waals surface area contributed by atoms with E-state index in [0.29, 0.717) is 6.42 Å². The minimum absolute atomic E-state index is 0.181. The molecule has 1 rings (SSSR count). The van der Waals surface area contributed by atoms with Crippen molar-refractivity contribution >= 4 is 5.91 Å². The quantitative estimate of drug-likeness (QED) is 0.0261. The van der Waals surface area contributed by atoms with Crippen LogP contribution in [0, 0.1) is 0 Å². The third kappa shape index (κ3) is 46.7. The highest BCUT2D eigenvalue weighted by molar-refractivity contribution is 5.76. The van der Waals surface area contributed by atoms with Gasteiger partial charge in [-0.1, -0.05) is 306 Å². The first-order chi connectivity index (χ1) is 38.3. The van der Waals surface area contributed by atoms with Gasteiger partial charge in [-0.2, -0.15) is 0 Å². The zero-order valence-electron chi connectivity index (χ0n) is 51.2. The number of carbonyl (C=O) groups excluding carboxylic acids is 1. The van der Waals surface area contributed by atoms with Crippen LogP contribution in [0.25, 0.3) is 0 Å². The molecule has 9 nitrogen and oxygen atoms in total. The molecule has 1 aliphatic heterocycles. The predicted octanol–water partition coefficient (Wildman–Crippen LogP) is 18.0. The zero-order valence-corrected chi connectivity index (χ0v) is 51.2. The van der Waals surface area contributed by atoms with Crippen LogP contribution in [-0.4, -0.2) is 87.5 Å². The number of amides is 1. The second-order valence-electron chi connectivity index (χ2n) is 23.6. The molecule has 7 unspecified atom stereocenters. The van der Waals surface area contributed by atoms with Crippen molar-refractivity contribution in [2.75, 3.05) is 13.2 Å². The molecule has 6 N–H and O–H groups in total. The number of allylic oxidation sites excluding steroid dienone is 7. The Morgan fingerprint density at radius 3 is 1.15 bits per heavy atom. The molecule has 9 heteroatoms. The number of rotatable bonds is 59. The Morgan fingerprint density at radius 1 is 0.436 bits per heavy atom. The summed E-state index contributed by atoms with van der Waals surface area (Å²) >= 11 is 0. The molecule has 0 aliphatic carbocycles. The van der Waals surface area contributed by atoms with E-state index in [0.717, 1.165) is 44.9 Å². The van der Waals surface area contributed by atoms with Crippen LogP contribution in [0.15, 0.2) is 48.6 Å². The molecular formula is C69H129NO8. The third-order valence-electron chi connectivity index (χ3n) is 16.1. The van der Waals surface area contributed by atoms with Crippen molar-refractivity contribution < 1.29 is 39.8 Å². The standard InChI is InChI=1S/C69H129NO8/c1-3-5-7-9-11-13-15-17-19-21-23-25-27-28-29-30-31-32-33-34-35-36-37-39-41-43-45-47-49-51-53-55-57-59-65(73)70-62(61-77-69-68(76)67(75)66(74)64(60-71)78-69)63(72)58-56-54-52-50-48-46-44-42-40-38-26-24-22-20-18-16-14-12-10-8-6-4-2/h15,17,21,23,48,50,56,58,62-64,66-69,71-72,74-76H,3-14,16,18-20,22,24-47,49,51-55,57,59-61H2,1-2H3,(H,70,73)/b17-15-,23-21-,50-48+,58-56+. The van der Waals surface area contributed by atoms with Crippen LogP contribution in [0.4, 0.5) is 0 Å². The highest BCUT2D eigenvalue weighted by Gasteiger charge is 2.44. The topological polar surface area (TPSA) is 149 Å². The highest BCUT2D eigenvalue weighted by atomic mass is 16.7. The van der Waals surface area contributed by atoms with Gasteiger partial charge in [0.25, 0.3) is 0 Å². The minimum atomic E-state index is -1.57. The molecule has 78 heavy (non-hydrogen) atoms. The van der Waals surface area contributed by atoms with E-state index in [4.69, 9.17) is 9.47 Å². The molecule has 1 saturated heterocycles. The summed E-state index contributed by atoms with van der Waals surface area (Å²) in [5.41, 5.74) is 0. The summed E-state index contributed by atoms with van der Waals surface area (Å²) < 4.78 is 11.3. The van der Waals surface area contributed by atoms with Crippen LogP contribution in [0.2, 0.25) is 0 Å². The minimum Gasteiger partial charge on any atom is -0.394 e. The molecule has 0 aromatic carbocycles. The first-order valence-corrected chi connectivity index (χ1v) is 33.9. The van der Waals surface area contributed by atoms with Crippen molar-refractivity contribution in [2.24, 2.45) is 0 Å². The average Bonchev–Trinajstić information content (AvgIpc) is 3.45. The van der Waals surface area contributed by atoms with E-state index in [2.05, 4.69) is 55.6 Å². The predicted molar refractivity (Wildman–Crippen MR) is 332 cm³/mol. The lowest BCUT2D eigenvalue weighted by molar-refractivity contribution is -0.302. The van der Waals surface area contributed by atoms with Crippen molar-refractivity contribution in [2.45, 2.75) is 371 Å². The number of unbranched alkanes of at least 4 members (excludes halogenated alkanes) is 43. The second kappa shape index (κ2) is 58.4. The first kappa shape index (κ1) is 74.2.